The number of rotatable bonds is 5. The van der Waals surface area contributed by atoms with E-state index < -0.39 is 0 Å². The number of carbonyl (C=O) groups excluding carboxylic acids is 1. The van der Waals surface area contributed by atoms with E-state index in [0.29, 0.717) is 17.1 Å². The Morgan fingerprint density at radius 2 is 1.95 bits per heavy atom. The molecule has 0 aliphatic rings. The fraction of sp³-hybridized carbons (Fsp3) is 0.250. The van der Waals surface area contributed by atoms with Crippen molar-refractivity contribution in [3.63, 3.8) is 0 Å². The number of hydrogen-bond donors (Lipinski definition) is 0. The number of methoxy groups -OCH3 is 2. The molecule has 4 heteroatoms. The smallest absolute Gasteiger partial charge is 0.231 e. The number of ether oxygens (including phenoxy) is 2. The molecule has 0 N–H and O–H groups in total. The van der Waals surface area contributed by atoms with Crippen molar-refractivity contribution in [2.75, 3.05) is 14.2 Å². The Morgan fingerprint density at radius 3 is 2.60 bits per heavy atom. The van der Waals surface area contributed by atoms with E-state index in [1.54, 1.807) is 32.4 Å². The van der Waals surface area contributed by atoms with Gasteiger partial charge in [-0.3, -0.25) is 4.79 Å². The van der Waals surface area contributed by atoms with Crippen molar-refractivity contribution in [1.29, 1.82) is 0 Å². The molecule has 0 fully saturated rings. The standard InChI is InChI=1S/C16H18NO3/c1-12-6-4-5-9-17(12)11-15(18)14-8-7-13(19-2)10-16(14)20-3/h4-10H,11H2,1-3H3/q+1. The van der Waals surface area contributed by atoms with Gasteiger partial charge in [0, 0.05) is 25.1 Å². The molecule has 0 spiro atoms. The quantitative estimate of drug-likeness (QED) is 0.618. The van der Waals surface area contributed by atoms with Gasteiger partial charge in [0.2, 0.25) is 12.3 Å². The number of Topliss-reactive ketones (excluding diaryl/α,β-unsaturated/α-hetero) is 1. The SMILES string of the molecule is COc1ccc(C(=O)C[n+]2ccccc2C)c(OC)c1. The molecule has 0 bridgehead atoms. The Hall–Kier alpha value is -2.36. The Morgan fingerprint density at radius 1 is 1.15 bits per heavy atom. The number of benzene rings is 1. The van der Waals surface area contributed by atoms with Crippen LogP contribution >= 0.6 is 0 Å². The second-order valence-electron chi connectivity index (χ2n) is 4.46. The van der Waals surface area contributed by atoms with E-state index in [9.17, 15) is 4.79 Å². The maximum atomic E-state index is 12.4. The van der Waals surface area contributed by atoms with Crippen molar-refractivity contribution in [2.24, 2.45) is 0 Å². The molecular weight excluding hydrogens is 254 g/mol. The molecule has 2 aromatic rings. The van der Waals surface area contributed by atoms with Crippen LogP contribution in [0.25, 0.3) is 0 Å². The Bertz CT molecular complexity index is 623. The fourth-order valence-corrected chi connectivity index (χ4v) is 2.01. The lowest BCUT2D eigenvalue weighted by Crippen LogP contribution is -2.40. The third kappa shape index (κ3) is 2.96. The summed E-state index contributed by atoms with van der Waals surface area (Å²) in [6.45, 7) is 2.26. The van der Waals surface area contributed by atoms with Gasteiger partial charge >= 0.3 is 0 Å². The zero-order valence-corrected chi connectivity index (χ0v) is 11.9. The monoisotopic (exact) mass is 272 g/mol. The maximum absolute atomic E-state index is 12.4. The number of pyridine rings is 1. The van der Waals surface area contributed by atoms with Gasteiger partial charge in [-0.05, 0) is 12.1 Å². The van der Waals surface area contributed by atoms with Gasteiger partial charge in [-0.1, -0.05) is 6.07 Å². The molecule has 0 saturated heterocycles. The molecule has 104 valence electrons. The lowest BCUT2D eigenvalue weighted by Gasteiger charge is -2.08. The van der Waals surface area contributed by atoms with Crippen LogP contribution in [0, 0.1) is 6.92 Å². The first-order valence-electron chi connectivity index (χ1n) is 6.36. The molecular formula is C16H18NO3+. The molecule has 1 heterocycles. The van der Waals surface area contributed by atoms with Gasteiger partial charge in [-0.2, -0.15) is 4.57 Å². The van der Waals surface area contributed by atoms with E-state index in [4.69, 9.17) is 9.47 Å². The third-order valence-electron chi connectivity index (χ3n) is 3.19. The normalized spacial score (nSPS) is 10.2. The summed E-state index contributed by atoms with van der Waals surface area (Å²) in [5, 5.41) is 0. The van der Waals surface area contributed by atoms with Crippen LogP contribution in [0.4, 0.5) is 0 Å². The van der Waals surface area contributed by atoms with Crippen molar-refractivity contribution in [1.82, 2.24) is 0 Å². The van der Waals surface area contributed by atoms with E-state index in [-0.39, 0.29) is 12.3 Å². The first kappa shape index (κ1) is 14.1. The van der Waals surface area contributed by atoms with Crippen LogP contribution < -0.4 is 14.0 Å². The Balaban J connectivity index is 2.27. The summed E-state index contributed by atoms with van der Waals surface area (Å²) < 4.78 is 12.3. The van der Waals surface area contributed by atoms with Crippen molar-refractivity contribution < 1.29 is 18.8 Å². The van der Waals surface area contributed by atoms with E-state index in [0.717, 1.165) is 5.69 Å². The summed E-state index contributed by atoms with van der Waals surface area (Å²) in [6, 6.07) is 11.0. The van der Waals surface area contributed by atoms with Crippen LogP contribution in [0.3, 0.4) is 0 Å². The summed E-state index contributed by atoms with van der Waals surface area (Å²) in [6.07, 6.45) is 1.89. The molecule has 0 radical (unpaired) electrons. The van der Waals surface area contributed by atoms with Gasteiger partial charge in [0.1, 0.15) is 11.5 Å². The number of nitrogens with zero attached hydrogens (tertiary/aromatic N) is 1. The molecule has 0 amide bonds. The lowest BCUT2D eigenvalue weighted by atomic mass is 10.1. The fourth-order valence-electron chi connectivity index (χ4n) is 2.01. The number of aromatic nitrogens is 1. The Labute approximate surface area is 118 Å². The van der Waals surface area contributed by atoms with Crippen LogP contribution in [0.2, 0.25) is 0 Å². The van der Waals surface area contributed by atoms with E-state index in [1.807, 2.05) is 35.9 Å². The van der Waals surface area contributed by atoms with Crippen molar-refractivity contribution >= 4 is 5.78 Å². The van der Waals surface area contributed by atoms with Gasteiger partial charge < -0.3 is 9.47 Å². The first-order chi connectivity index (χ1) is 9.65. The highest BCUT2D eigenvalue weighted by atomic mass is 16.5. The molecule has 20 heavy (non-hydrogen) atoms. The summed E-state index contributed by atoms with van der Waals surface area (Å²) in [7, 11) is 3.13. The van der Waals surface area contributed by atoms with Crippen molar-refractivity contribution in [2.45, 2.75) is 13.5 Å². The van der Waals surface area contributed by atoms with Gasteiger partial charge in [-0.15, -0.1) is 0 Å². The zero-order valence-electron chi connectivity index (χ0n) is 11.9. The molecule has 0 saturated carbocycles. The molecule has 1 aromatic carbocycles. The molecule has 0 aliphatic heterocycles. The number of carbonyl (C=O) groups is 1. The second kappa shape index (κ2) is 6.19. The highest BCUT2D eigenvalue weighted by molar-refractivity contribution is 5.98. The van der Waals surface area contributed by atoms with Crippen LogP contribution in [0.1, 0.15) is 16.1 Å². The largest absolute Gasteiger partial charge is 0.497 e. The predicted molar refractivity (Wildman–Crippen MR) is 75.3 cm³/mol. The predicted octanol–water partition coefficient (Wildman–Crippen LogP) is 2.18. The maximum Gasteiger partial charge on any atom is 0.231 e. The Kier molecular flexibility index (Phi) is 4.35. The average Bonchev–Trinajstić information content (AvgIpc) is 2.48. The van der Waals surface area contributed by atoms with Gasteiger partial charge in [0.05, 0.1) is 19.8 Å². The molecule has 0 atom stereocenters. The highest BCUT2D eigenvalue weighted by Gasteiger charge is 2.18. The van der Waals surface area contributed by atoms with Crippen molar-refractivity contribution in [3.05, 3.63) is 53.9 Å². The summed E-state index contributed by atoms with van der Waals surface area (Å²) in [5.41, 5.74) is 1.59. The van der Waals surface area contributed by atoms with Crippen LogP contribution in [-0.2, 0) is 6.54 Å². The minimum atomic E-state index is 0.00352. The topological polar surface area (TPSA) is 39.4 Å². The van der Waals surface area contributed by atoms with Gasteiger partial charge in [-0.25, -0.2) is 0 Å². The molecule has 0 aliphatic carbocycles. The third-order valence-corrected chi connectivity index (χ3v) is 3.19. The molecule has 1 aromatic heterocycles. The lowest BCUT2D eigenvalue weighted by molar-refractivity contribution is -0.689. The minimum absolute atomic E-state index is 0.00352. The summed E-state index contributed by atoms with van der Waals surface area (Å²) in [5.74, 6) is 1.20. The number of ketones is 1. The van der Waals surface area contributed by atoms with Crippen LogP contribution in [0.5, 0.6) is 11.5 Å². The van der Waals surface area contributed by atoms with E-state index >= 15 is 0 Å². The molecule has 4 nitrogen and oxygen atoms in total. The van der Waals surface area contributed by atoms with E-state index in [2.05, 4.69) is 0 Å². The van der Waals surface area contributed by atoms with E-state index in [1.165, 1.54) is 0 Å². The number of aryl methyl sites for hydroxylation is 1. The van der Waals surface area contributed by atoms with Crippen LogP contribution in [-0.4, -0.2) is 20.0 Å². The molecule has 2 rings (SSSR count). The van der Waals surface area contributed by atoms with Gasteiger partial charge in [0.25, 0.3) is 0 Å². The highest BCUT2D eigenvalue weighted by Crippen LogP contribution is 2.24. The second-order valence-corrected chi connectivity index (χ2v) is 4.46. The zero-order chi connectivity index (χ0) is 14.5. The molecule has 0 unspecified atom stereocenters. The van der Waals surface area contributed by atoms with Crippen molar-refractivity contribution in [3.8, 4) is 11.5 Å². The van der Waals surface area contributed by atoms with Gasteiger partial charge in [0.15, 0.2) is 11.9 Å². The number of hydrogen-bond acceptors (Lipinski definition) is 3. The summed E-state index contributed by atoms with van der Waals surface area (Å²) in [4.78, 5) is 12.4. The van der Waals surface area contributed by atoms with Crippen LogP contribution in [0.15, 0.2) is 42.6 Å². The minimum Gasteiger partial charge on any atom is -0.497 e. The first-order valence-corrected chi connectivity index (χ1v) is 6.36. The summed E-state index contributed by atoms with van der Waals surface area (Å²) >= 11 is 0. The average molecular weight is 272 g/mol.